The Hall–Kier alpha value is -0.850. The van der Waals surface area contributed by atoms with E-state index in [9.17, 15) is 4.39 Å². The molecular formula is C16H23F. The van der Waals surface area contributed by atoms with E-state index < -0.39 is 0 Å². The fourth-order valence-corrected chi connectivity index (χ4v) is 2.96. The van der Waals surface area contributed by atoms with Crippen LogP contribution in [-0.4, -0.2) is 0 Å². The second-order valence-electron chi connectivity index (χ2n) is 6.88. The molecule has 0 nitrogen and oxygen atoms in total. The summed E-state index contributed by atoms with van der Waals surface area (Å²) in [6, 6.07) is 5.74. The van der Waals surface area contributed by atoms with E-state index in [-0.39, 0.29) is 5.82 Å². The summed E-state index contributed by atoms with van der Waals surface area (Å²) in [5, 5.41) is 0. The van der Waals surface area contributed by atoms with Crippen LogP contribution in [0.5, 0.6) is 0 Å². The van der Waals surface area contributed by atoms with E-state index in [1.807, 2.05) is 13.0 Å². The zero-order chi connectivity index (χ0) is 12.8. The predicted molar refractivity (Wildman–Crippen MR) is 70.7 cm³/mol. The number of aryl methyl sites for hydroxylation is 1. The highest BCUT2D eigenvalue weighted by Crippen LogP contribution is 2.57. The highest BCUT2D eigenvalue weighted by atomic mass is 19.1. The first-order valence-corrected chi connectivity index (χ1v) is 6.49. The van der Waals surface area contributed by atoms with Crippen LogP contribution in [0.15, 0.2) is 18.2 Å². The number of hydrogen-bond acceptors (Lipinski definition) is 0. The van der Waals surface area contributed by atoms with Gasteiger partial charge in [-0.3, -0.25) is 0 Å². The lowest BCUT2D eigenvalue weighted by atomic mass is 9.71. The molecule has 0 N–H and O–H groups in total. The molecule has 0 aromatic heterocycles. The summed E-state index contributed by atoms with van der Waals surface area (Å²) in [7, 11) is 0. The number of benzene rings is 1. The van der Waals surface area contributed by atoms with Crippen molar-refractivity contribution < 1.29 is 4.39 Å². The lowest BCUT2D eigenvalue weighted by molar-refractivity contribution is 0.157. The van der Waals surface area contributed by atoms with Crippen LogP contribution in [0.25, 0.3) is 0 Å². The average molecular weight is 234 g/mol. The molecule has 1 fully saturated rings. The van der Waals surface area contributed by atoms with E-state index in [2.05, 4.69) is 33.8 Å². The van der Waals surface area contributed by atoms with Crippen molar-refractivity contribution >= 4 is 0 Å². The molecule has 1 aliphatic rings. The third-order valence-electron chi connectivity index (χ3n) is 5.01. The summed E-state index contributed by atoms with van der Waals surface area (Å²) in [4.78, 5) is 0. The second kappa shape index (κ2) is 3.83. The normalized spacial score (nSPS) is 22.9. The van der Waals surface area contributed by atoms with Crippen molar-refractivity contribution in [3.8, 4) is 0 Å². The molecule has 0 aliphatic heterocycles. The van der Waals surface area contributed by atoms with Gasteiger partial charge in [-0.2, -0.15) is 0 Å². The maximum atomic E-state index is 13.6. The van der Waals surface area contributed by atoms with Crippen molar-refractivity contribution in [2.45, 2.75) is 53.4 Å². The van der Waals surface area contributed by atoms with E-state index in [1.54, 1.807) is 6.07 Å². The Balaban J connectivity index is 2.29. The van der Waals surface area contributed by atoms with Crippen LogP contribution in [-0.2, 0) is 0 Å². The number of hydrogen-bond donors (Lipinski definition) is 0. The Morgan fingerprint density at radius 3 is 2.06 bits per heavy atom. The van der Waals surface area contributed by atoms with Crippen molar-refractivity contribution in [1.82, 2.24) is 0 Å². The summed E-state index contributed by atoms with van der Waals surface area (Å²) in [6.07, 6.45) is 2.31. The first kappa shape index (κ1) is 12.6. The van der Waals surface area contributed by atoms with Crippen molar-refractivity contribution in [3.05, 3.63) is 35.1 Å². The van der Waals surface area contributed by atoms with Gasteiger partial charge in [-0.05, 0) is 53.7 Å². The fraction of sp³-hybridized carbons (Fsp3) is 0.625. The first-order chi connectivity index (χ1) is 7.73. The van der Waals surface area contributed by atoms with Crippen LogP contribution in [0.1, 0.15) is 57.6 Å². The summed E-state index contributed by atoms with van der Waals surface area (Å²) < 4.78 is 13.6. The molecule has 1 aliphatic carbocycles. The van der Waals surface area contributed by atoms with Gasteiger partial charge < -0.3 is 0 Å². The Morgan fingerprint density at radius 2 is 1.59 bits per heavy atom. The second-order valence-corrected chi connectivity index (χ2v) is 6.88. The minimum Gasteiger partial charge on any atom is -0.207 e. The SMILES string of the molecule is Cc1ccc(C2CC(C)(C)C(C)(C)C2)cc1F. The topological polar surface area (TPSA) is 0 Å². The lowest BCUT2D eigenvalue weighted by Gasteiger charge is -2.34. The van der Waals surface area contributed by atoms with Gasteiger partial charge in [-0.1, -0.05) is 39.8 Å². The Morgan fingerprint density at radius 1 is 1.06 bits per heavy atom. The molecule has 1 saturated carbocycles. The molecule has 2 rings (SSSR count). The van der Waals surface area contributed by atoms with Crippen LogP contribution >= 0.6 is 0 Å². The Kier molecular flexibility index (Phi) is 2.84. The zero-order valence-corrected chi connectivity index (χ0v) is 11.6. The highest BCUT2D eigenvalue weighted by Gasteiger charge is 2.46. The fourth-order valence-electron chi connectivity index (χ4n) is 2.96. The van der Waals surface area contributed by atoms with Crippen LogP contribution in [0.4, 0.5) is 4.39 Å². The number of rotatable bonds is 1. The molecular weight excluding hydrogens is 211 g/mol. The molecule has 0 saturated heterocycles. The summed E-state index contributed by atoms with van der Waals surface area (Å²) in [5.41, 5.74) is 2.58. The van der Waals surface area contributed by atoms with Crippen LogP contribution in [0.2, 0.25) is 0 Å². The van der Waals surface area contributed by atoms with Crippen molar-refractivity contribution in [1.29, 1.82) is 0 Å². The van der Waals surface area contributed by atoms with Crippen molar-refractivity contribution in [3.63, 3.8) is 0 Å². The molecule has 1 aromatic rings. The Labute approximate surface area is 104 Å². The molecule has 94 valence electrons. The molecule has 0 amide bonds. The minimum atomic E-state index is -0.0648. The summed E-state index contributed by atoms with van der Waals surface area (Å²) in [5.74, 6) is 0.445. The summed E-state index contributed by atoms with van der Waals surface area (Å²) >= 11 is 0. The minimum absolute atomic E-state index is 0.0648. The molecule has 17 heavy (non-hydrogen) atoms. The van der Waals surface area contributed by atoms with E-state index in [0.717, 1.165) is 18.4 Å². The van der Waals surface area contributed by atoms with Crippen molar-refractivity contribution in [2.75, 3.05) is 0 Å². The third-order valence-corrected chi connectivity index (χ3v) is 5.01. The zero-order valence-electron chi connectivity index (χ0n) is 11.6. The summed E-state index contributed by atoms with van der Waals surface area (Å²) in [6.45, 7) is 11.1. The van der Waals surface area contributed by atoms with Gasteiger partial charge in [-0.25, -0.2) is 4.39 Å². The molecule has 0 radical (unpaired) electrons. The van der Waals surface area contributed by atoms with Gasteiger partial charge in [0.15, 0.2) is 0 Å². The Bertz CT molecular complexity index is 413. The molecule has 0 atom stereocenters. The quantitative estimate of drug-likeness (QED) is 0.637. The van der Waals surface area contributed by atoms with Gasteiger partial charge in [0.2, 0.25) is 0 Å². The molecule has 1 heteroatoms. The largest absolute Gasteiger partial charge is 0.207 e. The van der Waals surface area contributed by atoms with Gasteiger partial charge >= 0.3 is 0 Å². The smallest absolute Gasteiger partial charge is 0.126 e. The van der Waals surface area contributed by atoms with Gasteiger partial charge in [0, 0.05) is 0 Å². The van der Waals surface area contributed by atoms with Crippen LogP contribution < -0.4 is 0 Å². The van der Waals surface area contributed by atoms with E-state index in [0.29, 0.717) is 16.7 Å². The molecule has 0 unspecified atom stereocenters. The first-order valence-electron chi connectivity index (χ1n) is 6.49. The van der Waals surface area contributed by atoms with Crippen LogP contribution in [0, 0.1) is 23.6 Å². The molecule has 0 bridgehead atoms. The van der Waals surface area contributed by atoms with Crippen molar-refractivity contribution in [2.24, 2.45) is 10.8 Å². The molecule has 0 spiro atoms. The third kappa shape index (κ3) is 2.12. The van der Waals surface area contributed by atoms with Gasteiger partial charge in [0.1, 0.15) is 5.82 Å². The maximum absolute atomic E-state index is 13.6. The standard InChI is InChI=1S/C16H23F/c1-11-6-7-12(8-14(11)17)13-9-15(2,3)16(4,5)10-13/h6-8,13H,9-10H2,1-5H3. The predicted octanol–water partition coefficient (Wildman–Crippen LogP) is 5.06. The van der Waals surface area contributed by atoms with Gasteiger partial charge in [0.05, 0.1) is 0 Å². The monoisotopic (exact) mass is 234 g/mol. The maximum Gasteiger partial charge on any atom is 0.126 e. The average Bonchev–Trinajstić information content (AvgIpc) is 2.41. The van der Waals surface area contributed by atoms with E-state index in [1.165, 1.54) is 5.56 Å². The van der Waals surface area contributed by atoms with Gasteiger partial charge in [0.25, 0.3) is 0 Å². The highest BCUT2D eigenvalue weighted by molar-refractivity contribution is 5.28. The molecule has 1 aromatic carbocycles. The number of halogens is 1. The lowest BCUT2D eigenvalue weighted by Crippen LogP contribution is -2.25. The van der Waals surface area contributed by atoms with E-state index >= 15 is 0 Å². The van der Waals surface area contributed by atoms with Gasteiger partial charge in [-0.15, -0.1) is 0 Å². The van der Waals surface area contributed by atoms with E-state index in [4.69, 9.17) is 0 Å². The van der Waals surface area contributed by atoms with Crippen LogP contribution in [0.3, 0.4) is 0 Å². The molecule has 0 heterocycles.